The van der Waals surface area contributed by atoms with Gasteiger partial charge in [0.25, 0.3) is 0 Å². The highest BCUT2D eigenvalue weighted by Gasteiger charge is 2.37. The van der Waals surface area contributed by atoms with Crippen molar-refractivity contribution >= 4 is 38.6 Å². The molecule has 2 heterocycles. The second-order valence-corrected chi connectivity index (χ2v) is 7.67. The molecule has 1 saturated carbocycles. The van der Waals surface area contributed by atoms with Gasteiger partial charge in [-0.1, -0.05) is 0 Å². The fourth-order valence-corrected chi connectivity index (χ4v) is 4.10. The number of alkyl halides is 2. The molecule has 2 aromatic rings. The minimum Gasteiger partial charge on any atom is -0.477 e. The first-order chi connectivity index (χ1) is 12.6. The lowest BCUT2D eigenvalue weighted by atomic mass is 9.91. The van der Waals surface area contributed by atoms with E-state index in [1.807, 2.05) is 0 Å². The molecule has 10 heteroatoms. The van der Waals surface area contributed by atoms with E-state index >= 15 is 0 Å². The molecule has 7 nitrogen and oxygen atoms in total. The molecule has 1 aliphatic carbocycles. The summed E-state index contributed by atoms with van der Waals surface area (Å²) >= 11 is 1.10. The van der Waals surface area contributed by atoms with Crippen LogP contribution >= 0.6 is 11.3 Å². The lowest BCUT2D eigenvalue weighted by Gasteiger charge is -2.36. The highest BCUT2D eigenvalue weighted by atomic mass is 32.1. The van der Waals surface area contributed by atoms with Gasteiger partial charge in [-0.25, -0.2) is 23.2 Å². The minimum absolute atomic E-state index is 0.185. The number of amides is 2. The van der Waals surface area contributed by atoms with Crippen LogP contribution in [0.2, 0.25) is 0 Å². The molecule has 3 rings (SSSR count). The van der Waals surface area contributed by atoms with E-state index in [2.05, 4.69) is 0 Å². The zero-order chi connectivity index (χ0) is 19.9. The first-order valence-electron chi connectivity index (χ1n) is 8.28. The Hall–Kier alpha value is -2.49. The largest absolute Gasteiger partial charge is 0.477 e. The second-order valence-electron chi connectivity index (χ2n) is 6.61. The number of thiophene rings is 1. The van der Waals surface area contributed by atoms with E-state index in [9.17, 15) is 23.2 Å². The van der Waals surface area contributed by atoms with Crippen molar-refractivity contribution in [1.82, 2.24) is 4.90 Å². The molecular weight excluding hydrogens is 382 g/mol. The zero-order valence-electron chi connectivity index (χ0n) is 14.7. The van der Waals surface area contributed by atoms with E-state index in [0.29, 0.717) is 9.70 Å². The van der Waals surface area contributed by atoms with Crippen LogP contribution in [0.1, 0.15) is 36.0 Å². The van der Waals surface area contributed by atoms with Crippen molar-refractivity contribution in [3.05, 3.63) is 28.1 Å². The van der Waals surface area contributed by atoms with E-state index in [0.717, 1.165) is 11.3 Å². The van der Waals surface area contributed by atoms with Gasteiger partial charge in [0, 0.05) is 39.0 Å². The molecular formula is C17H18F2N2O5S. The van der Waals surface area contributed by atoms with Crippen LogP contribution in [0, 0.1) is 0 Å². The van der Waals surface area contributed by atoms with Crippen molar-refractivity contribution in [3.63, 3.8) is 0 Å². The van der Waals surface area contributed by atoms with Gasteiger partial charge < -0.3 is 14.4 Å². The number of carbonyl (C=O) groups is 2. The average Bonchev–Trinajstić information content (AvgIpc) is 3.01. The minimum atomic E-state index is -2.67. The summed E-state index contributed by atoms with van der Waals surface area (Å²) < 4.78 is 32.1. The number of carboxylic acid groups (broad SMARTS) is 1. The lowest BCUT2D eigenvalue weighted by molar-refractivity contribution is -0.0476. The van der Waals surface area contributed by atoms with E-state index in [4.69, 9.17) is 9.52 Å². The highest BCUT2D eigenvalue weighted by molar-refractivity contribution is 7.22. The van der Waals surface area contributed by atoms with Crippen molar-refractivity contribution in [2.45, 2.75) is 37.6 Å². The van der Waals surface area contributed by atoms with Gasteiger partial charge in [0.2, 0.25) is 5.92 Å². The number of fused-ring (bicyclic) bond motifs is 1. The molecule has 1 N–H and O–H groups in total. The Labute approximate surface area is 156 Å². The number of carbonyl (C=O) groups excluding carboxylic acids is 1. The van der Waals surface area contributed by atoms with Crippen LogP contribution in [0.25, 0.3) is 10.3 Å². The fourth-order valence-electron chi connectivity index (χ4n) is 3.11. The molecule has 2 aromatic heterocycles. The molecule has 0 aliphatic heterocycles. The molecule has 0 aromatic carbocycles. The zero-order valence-corrected chi connectivity index (χ0v) is 15.5. The smallest absolute Gasteiger partial charge is 0.351 e. The third-order valence-corrected chi connectivity index (χ3v) is 5.93. The second kappa shape index (κ2) is 6.91. The van der Waals surface area contributed by atoms with E-state index < -0.39 is 23.1 Å². The molecule has 0 atom stereocenters. The molecule has 0 saturated heterocycles. The fraction of sp³-hybridized carbons (Fsp3) is 0.471. The molecule has 0 bridgehead atoms. The van der Waals surface area contributed by atoms with Crippen LogP contribution < -0.4 is 10.5 Å². The number of nitrogens with zero attached hydrogens (tertiary/aromatic N) is 2. The first kappa shape index (κ1) is 19.3. The van der Waals surface area contributed by atoms with Gasteiger partial charge in [-0.2, -0.15) is 0 Å². The number of aromatic carboxylic acids is 1. The molecule has 2 amide bonds. The molecule has 0 radical (unpaired) electrons. The topological polar surface area (TPSA) is 91.1 Å². The van der Waals surface area contributed by atoms with Crippen LogP contribution in [-0.4, -0.2) is 48.1 Å². The van der Waals surface area contributed by atoms with Crippen LogP contribution in [0.3, 0.4) is 0 Å². The summed E-state index contributed by atoms with van der Waals surface area (Å²) in [6.07, 6.45) is -0.0330. The van der Waals surface area contributed by atoms with E-state index in [1.54, 1.807) is 7.05 Å². The quantitative estimate of drug-likeness (QED) is 0.850. The lowest BCUT2D eigenvalue weighted by Crippen LogP contribution is -2.46. The Bertz CT molecular complexity index is 944. The highest BCUT2D eigenvalue weighted by Crippen LogP contribution is 2.36. The first-order valence-corrected chi connectivity index (χ1v) is 9.10. The summed E-state index contributed by atoms with van der Waals surface area (Å²) in [4.78, 5) is 38.2. The van der Waals surface area contributed by atoms with Crippen LogP contribution in [-0.2, 0) is 0 Å². The maximum absolute atomic E-state index is 13.3. The van der Waals surface area contributed by atoms with Crippen LogP contribution in [0.5, 0.6) is 0 Å². The van der Waals surface area contributed by atoms with Gasteiger partial charge >= 0.3 is 17.6 Å². The summed E-state index contributed by atoms with van der Waals surface area (Å²) in [6.45, 7) is 0. The molecule has 0 spiro atoms. The molecule has 1 aliphatic rings. The number of hydrogen-bond acceptors (Lipinski definition) is 5. The van der Waals surface area contributed by atoms with Crippen LogP contribution in [0.15, 0.2) is 21.3 Å². The van der Waals surface area contributed by atoms with E-state index in [1.165, 1.54) is 29.0 Å². The summed E-state index contributed by atoms with van der Waals surface area (Å²) in [6, 6.07) is 2.04. The maximum atomic E-state index is 13.3. The standard InChI is InChI=1S/C17H18F2N2O5S/c1-20(9-3-5-17(18,19)6-4-9)16(25)21(2)13-8-11-12(27-13)7-10(14(22)23)15(24)26-11/h7-9H,3-6H2,1-2H3,(H,22,23). The van der Waals surface area contributed by atoms with Gasteiger partial charge in [0.15, 0.2) is 5.58 Å². The average molecular weight is 400 g/mol. The number of urea groups is 1. The van der Waals surface area contributed by atoms with E-state index in [-0.39, 0.29) is 43.3 Å². The monoisotopic (exact) mass is 400 g/mol. The number of carboxylic acids is 1. The Morgan fingerprint density at radius 1 is 1.26 bits per heavy atom. The predicted molar refractivity (Wildman–Crippen MR) is 96.1 cm³/mol. The Morgan fingerprint density at radius 3 is 2.48 bits per heavy atom. The van der Waals surface area contributed by atoms with Crippen molar-refractivity contribution < 1.29 is 27.9 Å². The summed E-state index contributed by atoms with van der Waals surface area (Å²) in [5.74, 6) is -4.06. The number of halogens is 2. The summed E-state index contributed by atoms with van der Waals surface area (Å²) in [5.41, 5.74) is -1.26. The molecule has 146 valence electrons. The van der Waals surface area contributed by atoms with Crippen molar-refractivity contribution in [2.24, 2.45) is 0 Å². The van der Waals surface area contributed by atoms with Crippen molar-refractivity contribution in [3.8, 4) is 0 Å². The van der Waals surface area contributed by atoms with Gasteiger partial charge in [-0.05, 0) is 18.9 Å². The maximum Gasteiger partial charge on any atom is 0.351 e. The van der Waals surface area contributed by atoms with Gasteiger partial charge in [0.05, 0.1) is 4.70 Å². The Kier molecular flexibility index (Phi) is 4.94. The number of hydrogen-bond donors (Lipinski definition) is 1. The third-order valence-electron chi connectivity index (χ3n) is 4.79. The SMILES string of the molecule is CN(C(=O)N(C)C1CCC(F)(F)CC1)c1cc2oc(=O)c(C(=O)O)cc2s1. The molecule has 1 fully saturated rings. The number of anilines is 1. The molecule has 27 heavy (non-hydrogen) atoms. The van der Waals surface area contributed by atoms with Crippen molar-refractivity contribution in [1.29, 1.82) is 0 Å². The Balaban J connectivity index is 1.80. The van der Waals surface area contributed by atoms with Gasteiger partial charge in [0.1, 0.15) is 10.6 Å². The van der Waals surface area contributed by atoms with Gasteiger partial charge in [-0.15, -0.1) is 11.3 Å². The molecule has 0 unspecified atom stereocenters. The summed E-state index contributed by atoms with van der Waals surface area (Å²) in [7, 11) is 3.10. The normalized spacial score (nSPS) is 17.0. The summed E-state index contributed by atoms with van der Waals surface area (Å²) in [5, 5.41) is 9.46. The third kappa shape index (κ3) is 3.80. The van der Waals surface area contributed by atoms with Crippen molar-refractivity contribution in [2.75, 3.05) is 19.0 Å². The Morgan fingerprint density at radius 2 is 1.89 bits per heavy atom. The predicted octanol–water partition coefficient (Wildman–Crippen LogP) is 3.62. The van der Waals surface area contributed by atoms with Crippen LogP contribution in [0.4, 0.5) is 18.6 Å². The number of rotatable bonds is 3. The van der Waals surface area contributed by atoms with Gasteiger partial charge in [-0.3, -0.25) is 4.90 Å².